The molecule has 2 heterocycles. The highest BCUT2D eigenvalue weighted by atomic mass is 32.1. The number of likely N-dealkylation sites (tertiary alicyclic amines) is 1. The van der Waals surface area contributed by atoms with Gasteiger partial charge in [-0.05, 0) is 37.8 Å². The fourth-order valence-corrected chi connectivity index (χ4v) is 4.23. The minimum atomic E-state index is -0.338. The lowest BCUT2D eigenvalue weighted by molar-refractivity contribution is -0.146. The van der Waals surface area contributed by atoms with Crippen LogP contribution in [0.5, 0.6) is 0 Å². The first-order valence-electron chi connectivity index (χ1n) is 7.93. The fourth-order valence-electron chi connectivity index (χ4n) is 3.11. The number of rotatable bonds is 4. The van der Waals surface area contributed by atoms with Gasteiger partial charge >= 0.3 is 0 Å². The van der Waals surface area contributed by atoms with Crippen molar-refractivity contribution in [3.05, 3.63) is 29.3 Å². The van der Waals surface area contributed by atoms with Crippen LogP contribution >= 0.6 is 11.3 Å². The molecule has 0 N–H and O–H groups in total. The quantitative estimate of drug-likeness (QED) is 0.861. The Morgan fingerprint density at radius 2 is 2.27 bits per heavy atom. The van der Waals surface area contributed by atoms with Crippen LogP contribution in [0.4, 0.5) is 0 Å². The van der Waals surface area contributed by atoms with Gasteiger partial charge in [0.25, 0.3) is 5.91 Å². The summed E-state index contributed by atoms with van der Waals surface area (Å²) in [6.07, 6.45) is 3.57. The molecule has 1 aromatic heterocycles. The standard InChI is InChI=1S/C17H22N2O2S/c1-3-14(21-2)17(20)19-11-7-6-9-13(19)16-18-12-8-4-5-10-15(12)22-16/h4-5,8,10,13-14H,3,6-7,9,11H2,1-2H3/t13-,14-/m1/s1. The Balaban J connectivity index is 1.90. The summed E-state index contributed by atoms with van der Waals surface area (Å²) in [7, 11) is 1.61. The predicted molar refractivity (Wildman–Crippen MR) is 89.0 cm³/mol. The number of benzene rings is 1. The molecule has 1 amide bonds. The monoisotopic (exact) mass is 318 g/mol. The lowest BCUT2D eigenvalue weighted by Gasteiger charge is -2.36. The molecule has 2 atom stereocenters. The van der Waals surface area contributed by atoms with Crippen molar-refractivity contribution in [1.29, 1.82) is 0 Å². The summed E-state index contributed by atoms with van der Waals surface area (Å²) in [5.74, 6) is 0.106. The molecule has 3 rings (SSSR count). The molecular formula is C17H22N2O2S. The van der Waals surface area contributed by atoms with Crippen LogP contribution in [0.2, 0.25) is 0 Å². The molecule has 2 aromatic rings. The number of carbonyl (C=O) groups is 1. The number of carbonyl (C=O) groups excluding carboxylic acids is 1. The number of thiazole rings is 1. The highest BCUT2D eigenvalue weighted by Gasteiger charge is 2.33. The normalized spacial score (nSPS) is 20.3. The van der Waals surface area contributed by atoms with E-state index in [9.17, 15) is 4.79 Å². The van der Waals surface area contributed by atoms with Gasteiger partial charge in [0.2, 0.25) is 0 Å². The van der Waals surface area contributed by atoms with E-state index in [1.165, 1.54) is 4.70 Å². The van der Waals surface area contributed by atoms with Gasteiger partial charge in [-0.25, -0.2) is 4.98 Å². The minimum absolute atomic E-state index is 0.0999. The van der Waals surface area contributed by atoms with Crippen molar-refractivity contribution in [1.82, 2.24) is 9.88 Å². The number of hydrogen-bond donors (Lipinski definition) is 0. The summed E-state index contributed by atoms with van der Waals surface area (Å²) < 4.78 is 6.54. The van der Waals surface area contributed by atoms with Crippen molar-refractivity contribution in [2.24, 2.45) is 0 Å². The number of amides is 1. The third-order valence-corrected chi connectivity index (χ3v) is 5.45. The molecule has 1 aliphatic heterocycles. The van der Waals surface area contributed by atoms with Crippen LogP contribution in [0.1, 0.15) is 43.7 Å². The summed E-state index contributed by atoms with van der Waals surface area (Å²) in [6.45, 7) is 2.79. The number of aromatic nitrogens is 1. The SMILES string of the molecule is CC[C@@H](OC)C(=O)N1CCCC[C@@H]1c1nc2ccccc2s1. The van der Waals surface area contributed by atoms with Crippen molar-refractivity contribution in [2.45, 2.75) is 44.8 Å². The largest absolute Gasteiger partial charge is 0.372 e. The molecule has 22 heavy (non-hydrogen) atoms. The fraction of sp³-hybridized carbons (Fsp3) is 0.529. The Kier molecular flexibility index (Phi) is 4.74. The van der Waals surface area contributed by atoms with E-state index in [1.807, 2.05) is 30.0 Å². The van der Waals surface area contributed by atoms with Crippen molar-refractivity contribution in [2.75, 3.05) is 13.7 Å². The van der Waals surface area contributed by atoms with Gasteiger partial charge < -0.3 is 9.64 Å². The molecule has 0 spiro atoms. The smallest absolute Gasteiger partial charge is 0.252 e. The molecule has 0 unspecified atom stereocenters. The third-order valence-electron chi connectivity index (χ3n) is 4.31. The maximum Gasteiger partial charge on any atom is 0.252 e. The van der Waals surface area contributed by atoms with E-state index in [0.29, 0.717) is 6.42 Å². The van der Waals surface area contributed by atoms with Crippen molar-refractivity contribution >= 4 is 27.5 Å². The number of piperidine rings is 1. The van der Waals surface area contributed by atoms with E-state index in [0.717, 1.165) is 36.3 Å². The molecule has 118 valence electrons. The van der Waals surface area contributed by atoms with Gasteiger partial charge in [-0.3, -0.25) is 4.79 Å². The molecule has 5 heteroatoms. The average Bonchev–Trinajstić information content (AvgIpc) is 2.99. The minimum Gasteiger partial charge on any atom is -0.372 e. The highest BCUT2D eigenvalue weighted by Crippen LogP contribution is 2.36. The molecule has 0 radical (unpaired) electrons. The van der Waals surface area contributed by atoms with Gasteiger partial charge in [-0.1, -0.05) is 19.1 Å². The van der Waals surface area contributed by atoms with Crippen LogP contribution in [0, 0.1) is 0 Å². The topological polar surface area (TPSA) is 42.4 Å². The number of methoxy groups -OCH3 is 1. The van der Waals surface area contributed by atoms with E-state index in [1.54, 1.807) is 18.4 Å². The van der Waals surface area contributed by atoms with Gasteiger partial charge in [0, 0.05) is 13.7 Å². The second kappa shape index (κ2) is 6.75. The zero-order valence-electron chi connectivity index (χ0n) is 13.1. The van der Waals surface area contributed by atoms with E-state index < -0.39 is 0 Å². The highest BCUT2D eigenvalue weighted by molar-refractivity contribution is 7.18. The van der Waals surface area contributed by atoms with Crippen LogP contribution in [0.3, 0.4) is 0 Å². The summed E-state index contributed by atoms with van der Waals surface area (Å²) >= 11 is 1.71. The lowest BCUT2D eigenvalue weighted by Crippen LogP contribution is -2.44. The molecule has 1 aliphatic rings. The van der Waals surface area contributed by atoms with E-state index in [4.69, 9.17) is 9.72 Å². The summed E-state index contributed by atoms with van der Waals surface area (Å²) in [5.41, 5.74) is 1.03. The van der Waals surface area contributed by atoms with Crippen LogP contribution in [-0.2, 0) is 9.53 Å². The van der Waals surface area contributed by atoms with Gasteiger partial charge in [-0.15, -0.1) is 11.3 Å². The second-order valence-electron chi connectivity index (χ2n) is 5.70. The predicted octanol–water partition coefficient (Wildman–Crippen LogP) is 3.77. The zero-order valence-corrected chi connectivity index (χ0v) is 13.9. The van der Waals surface area contributed by atoms with E-state index >= 15 is 0 Å². The Hall–Kier alpha value is -1.46. The van der Waals surface area contributed by atoms with E-state index in [-0.39, 0.29) is 18.1 Å². The number of ether oxygens (including phenoxy) is 1. The first kappa shape index (κ1) is 15.4. The average molecular weight is 318 g/mol. The molecule has 0 bridgehead atoms. The molecular weight excluding hydrogens is 296 g/mol. The summed E-state index contributed by atoms with van der Waals surface area (Å²) in [6, 6.07) is 8.27. The maximum atomic E-state index is 12.7. The van der Waals surface area contributed by atoms with Crippen molar-refractivity contribution in [3.8, 4) is 0 Å². The second-order valence-corrected chi connectivity index (χ2v) is 6.76. The van der Waals surface area contributed by atoms with Crippen molar-refractivity contribution < 1.29 is 9.53 Å². The van der Waals surface area contributed by atoms with Gasteiger partial charge in [0.15, 0.2) is 0 Å². The molecule has 0 saturated carbocycles. The molecule has 1 aromatic carbocycles. The van der Waals surface area contributed by atoms with Gasteiger partial charge in [0.05, 0.1) is 16.3 Å². The Morgan fingerprint density at radius 3 is 3.00 bits per heavy atom. The molecule has 1 fully saturated rings. The number of fused-ring (bicyclic) bond motifs is 1. The summed E-state index contributed by atoms with van der Waals surface area (Å²) in [5, 5.41) is 1.06. The van der Waals surface area contributed by atoms with Crippen LogP contribution < -0.4 is 0 Å². The van der Waals surface area contributed by atoms with Crippen LogP contribution in [-0.4, -0.2) is 35.5 Å². The van der Waals surface area contributed by atoms with Crippen molar-refractivity contribution in [3.63, 3.8) is 0 Å². The lowest BCUT2D eigenvalue weighted by atomic mass is 10.0. The van der Waals surface area contributed by atoms with Crippen LogP contribution in [0.25, 0.3) is 10.2 Å². The first-order valence-corrected chi connectivity index (χ1v) is 8.75. The maximum absolute atomic E-state index is 12.7. The molecule has 0 aliphatic carbocycles. The Morgan fingerprint density at radius 1 is 1.45 bits per heavy atom. The number of nitrogens with zero attached hydrogens (tertiary/aromatic N) is 2. The first-order chi connectivity index (χ1) is 10.7. The molecule has 1 saturated heterocycles. The van der Waals surface area contributed by atoms with Gasteiger partial charge in [0.1, 0.15) is 11.1 Å². The molecule has 4 nitrogen and oxygen atoms in total. The third kappa shape index (κ3) is 2.88. The summed E-state index contributed by atoms with van der Waals surface area (Å²) in [4.78, 5) is 19.5. The number of hydrogen-bond acceptors (Lipinski definition) is 4. The Labute approximate surface area is 135 Å². The van der Waals surface area contributed by atoms with E-state index in [2.05, 4.69) is 6.07 Å². The van der Waals surface area contributed by atoms with Gasteiger partial charge in [-0.2, -0.15) is 0 Å². The Bertz CT molecular complexity index is 618. The van der Waals surface area contributed by atoms with Crippen LogP contribution in [0.15, 0.2) is 24.3 Å². The number of para-hydroxylation sites is 1. The zero-order chi connectivity index (χ0) is 15.5.